The van der Waals surface area contributed by atoms with Gasteiger partial charge >= 0.3 is 0 Å². The van der Waals surface area contributed by atoms with E-state index in [-0.39, 0.29) is 23.2 Å². The van der Waals surface area contributed by atoms with Crippen LogP contribution in [0.1, 0.15) is 25.7 Å². The molecule has 2 atom stereocenters. The average molecular weight is 289 g/mol. The zero-order valence-corrected chi connectivity index (χ0v) is 11.2. The lowest BCUT2D eigenvalue weighted by Crippen LogP contribution is -2.40. The van der Waals surface area contributed by atoms with E-state index in [1.54, 1.807) is 0 Å². The topological polar surface area (TPSA) is 80.9 Å². The van der Waals surface area contributed by atoms with Gasteiger partial charge in [-0.1, -0.05) is 24.4 Å². The first-order valence-corrected chi connectivity index (χ1v) is 6.57. The predicted octanol–water partition coefficient (Wildman–Crippen LogP) is 2.24. The lowest BCUT2D eigenvalue weighted by molar-refractivity contribution is -0.122. The van der Waals surface area contributed by atoms with Crippen LogP contribution in [0.25, 0.3) is 0 Å². The smallest absolute Gasteiger partial charge is 0.224 e. The lowest BCUT2D eigenvalue weighted by atomic mass is 9.84. The Hall–Kier alpha value is -1.07. The third-order valence-corrected chi connectivity index (χ3v) is 3.63. The molecule has 1 fully saturated rings. The van der Waals surface area contributed by atoms with Crippen LogP contribution >= 0.6 is 23.2 Å². The molecule has 1 aliphatic carbocycles. The van der Waals surface area contributed by atoms with Crippen LogP contribution in [0, 0.1) is 5.92 Å². The molecule has 0 radical (unpaired) electrons. The minimum absolute atomic E-state index is 0.0419. The number of nitrogens with one attached hydrogen (secondary N) is 1. The van der Waals surface area contributed by atoms with Crippen molar-refractivity contribution in [3.63, 3.8) is 0 Å². The van der Waals surface area contributed by atoms with Gasteiger partial charge < -0.3 is 11.1 Å². The summed E-state index contributed by atoms with van der Waals surface area (Å²) in [5.41, 5.74) is 5.41. The van der Waals surface area contributed by atoms with Crippen LogP contribution < -0.4 is 11.1 Å². The van der Waals surface area contributed by atoms with Crippen molar-refractivity contribution < 1.29 is 4.79 Å². The molecule has 1 heterocycles. The van der Waals surface area contributed by atoms with E-state index >= 15 is 0 Å². The molecule has 0 aromatic carbocycles. The molecule has 1 aromatic rings. The van der Waals surface area contributed by atoms with Crippen LogP contribution in [0.4, 0.5) is 5.82 Å². The van der Waals surface area contributed by atoms with E-state index in [4.69, 9.17) is 28.9 Å². The molecule has 0 bridgehead atoms. The molecular formula is C11H14Cl2N4O. The largest absolute Gasteiger partial charge is 0.369 e. The fraction of sp³-hybridized carbons (Fsp3) is 0.545. The van der Waals surface area contributed by atoms with E-state index in [0.29, 0.717) is 10.8 Å². The van der Waals surface area contributed by atoms with Crippen LogP contribution in [-0.4, -0.2) is 21.9 Å². The van der Waals surface area contributed by atoms with Crippen molar-refractivity contribution in [1.29, 1.82) is 0 Å². The van der Waals surface area contributed by atoms with E-state index in [2.05, 4.69) is 15.3 Å². The summed E-state index contributed by atoms with van der Waals surface area (Å²) >= 11 is 11.7. The zero-order chi connectivity index (χ0) is 13.1. The summed E-state index contributed by atoms with van der Waals surface area (Å²) in [7, 11) is 0. The van der Waals surface area contributed by atoms with Crippen molar-refractivity contribution in [2.45, 2.75) is 31.7 Å². The molecule has 1 aromatic heterocycles. The van der Waals surface area contributed by atoms with Gasteiger partial charge in [-0.3, -0.25) is 4.79 Å². The molecule has 5 nitrogen and oxygen atoms in total. The minimum atomic E-state index is -0.288. The molecule has 98 valence electrons. The van der Waals surface area contributed by atoms with Crippen molar-refractivity contribution in [2.75, 3.05) is 5.32 Å². The summed E-state index contributed by atoms with van der Waals surface area (Å²) in [5, 5.41) is 3.65. The number of nitrogens with two attached hydrogens (primary N) is 1. The third-order valence-electron chi connectivity index (χ3n) is 3.17. The highest BCUT2D eigenvalue weighted by Gasteiger charge is 2.30. The van der Waals surface area contributed by atoms with Crippen molar-refractivity contribution in [3.8, 4) is 0 Å². The summed E-state index contributed by atoms with van der Waals surface area (Å²) in [5.74, 6) is -0.0261. The van der Waals surface area contributed by atoms with Crippen molar-refractivity contribution in [2.24, 2.45) is 11.7 Å². The monoisotopic (exact) mass is 288 g/mol. The van der Waals surface area contributed by atoms with Gasteiger partial charge in [0.2, 0.25) is 11.2 Å². The second-order valence-corrected chi connectivity index (χ2v) is 5.12. The number of anilines is 1. The second-order valence-electron chi connectivity index (χ2n) is 4.38. The first-order chi connectivity index (χ1) is 8.58. The number of aromatic nitrogens is 2. The Bertz CT molecular complexity index is 455. The standard InChI is InChI=1S/C11H14Cl2N4O/c12-7-5-15-11(13)17-10(7)16-8-4-2-1-3-6(8)9(14)18/h5-6,8H,1-4H2,(H2,14,18)(H,15,16,17). The Labute approximate surface area is 115 Å². The molecule has 1 saturated carbocycles. The fourth-order valence-electron chi connectivity index (χ4n) is 2.27. The third kappa shape index (κ3) is 3.03. The van der Waals surface area contributed by atoms with E-state index in [0.717, 1.165) is 25.7 Å². The number of hydrogen-bond acceptors (Lipinski definition) is 4. The van der Waals surface area contributed by atoms with E-state index < -0.39 is 0 Å². The van der Waals surface area contributed by atoms with Gasteiger partial charge in [-0.05, 0) is 24.4 Å². The number of carbonyl (C=O) groups is 1. The molecule has 3 N–H and O–H groups in total. The molecular weight excluding hydrogens is 275 g/mol. The van der Waals surface area contributed by atoms with Crippen LogP contribution in [0.5, 0.6) is 0 Å². The number of nitrogens with zero attached hydrogens (tertiary/aromatic N) is 2. The molecule has 0 aliphatic heterocycles. The fourth-order valence-corrected chi connectivity index (χ4v) is 2.55. The highest BCUT2D eigenvalue weighted by Crippen LogP contribution is 2.29. The van der Waals surface area contributed by atoms with Gasteiger partial charge in [0.15, 0.2) is 0 Å². The maximum Gasteiger partial charge on any atom is 0.224 e. The van der Waals surface area contributed by atoms with E-state index in [1.165, 1.54) is 6.20 Å². The molecule has 1 amide bonds. The van der Waals surface area contributed by atoms with Crippen molar-refractivity contribution >= 4 is 34.9 Å². The molecule has 2 rings (SSSR count). The van der Waals surface area contributed by atoms with Gasteiger partial charge in [0.25, 0.3) is 0 Å². The van der Waals surface area contributed by atoms with Gasteiger partial charge in [-0.15, -0.1) is 0 Å². The number of amides is 1. The zero-order valence-electron chi connectivity index (χ0n) is 9.70. The highest BCUT2D eigenvalue weighted by molar-refractivity contribution is 6.33. The number of rotatable bonds is 3. The van der Waals surface area contributed by atoms with E-state index in [1.807, 2.05) is 0 Å². The van der Waals surface area contributed by atoms with Gasteiger partial charge in [-0.2, -0.15) is 4.98 Å². The number of primary amides is 1. The molecule has 2 unspecified atom stereocenters. The summed E-state index contributed by atoms with van der Waals surface area (Å²) in [6.07, 6.45) is 5.16. The number of hydrogen-bond donors (Lipinski definition) is 2. The molecule has 0 saturated heterocycles. The van der Waals surface area contributed by atoms with Crippen LogP contribution in [0.2, 0.25) is 10.3 Å². The normalized spacial score (nSPS) is 23.7. The summed E-state index contributed by atoms with van der Waals surface area (Å²) in [6.45, 7) is 0. The second kappa shape index (κ2) is 5.71. The van der Waals surface area contributed by atoms with Gasteiger partial charge in [0.05, 0.1) is 12.1 Å². The Balaban J connectivity index is 2.15. The lowest BCUT2D eigenvalue weighted by Gasteiger charge is -2.30. The van der Waals surface area contributed by atoms with Crippen LogP contribution in [-0.2, 0) is 4.79 Å². The van der Waals surface area contributed by atoms with E-state index in [9.17, 15) is 4.79 Å². The Morgan fingerprint density at radius 2 is 2.11 bits per heavy atom. The van der Waals surface area contributed by atoms with Gasteiger partial charge in [0, 0.05) is 6.04 Å². The van der Waals surface area contributed by atoms with Crippen LogP contribution in [0.15, 0.2) is 6.20 Å². The Morgan fingerprint density at radius 3 is 2.83 bits per heavy atom. The quantitative estimate of drug-likeness (QED) is 0.836. The summed E-state index contributed by atoms with van der Waals surface area (Å²) < 4.78 is 0. The first kappa shape index (κ1) is 13.4. The Kier molecular flexibility index (Phi) is 4.24. The minimum Gasteiger partial charge on any atom is -0.369 e. The Morgan fingerprint density at radius 1 is 1.39 bits per heavy atom. The van der Waals surface area contributed by atoms with Crippen molar-refractivity contribution in [3.05, 3.63) is 16.5 Å². The maximum absolute atomic E-state index is 11.4. The number of halogens is 2. The maximum atomic E-state index is 11.4. The summed E-state index contributed by atoms with van der Waals surface area (Å²) in [4.78, 5) is 19.2. The van der Waals surface area contributed by atoms with Crippen LogP contribution in [0.3, 0.4) is 0 Å². The molecule has 7 heteroatoms. The molecule has 1 aliphatic rings. The molecule has 18 heavy (non-hydrogen) atoms. The van der Waals surface area contributed by atoms with Gasteiger partial charge in [0.1, 0.15) is 10.8 Å². The first-order valence-electron chi connectivity index (χ1n) is 5.82. The van der Waals surface area contributed by atoms with Gasteiger partial charge in [-0.25, -0.2) is 4.98 Å². The SMILES string of the molecule is NC(=O)C1CCCCC1Nc1nc(Cl)ncc1Cl. The highest BCUT2D eigenvalue weighted by atomic mass is 35.5. The summed E-state index contributed by atoms with van der Waals surface area (Å²) in [6, 6.07) is -0.0419. The molecule has 0 spiro atoms. The number of carbonyl (C=O) groups excluding carboxylic acids is 1. The predicted molar refractivity (Wildman–Crippen MR) is 70.6 cm³/mol. The van der Waals surface area contributed by atoms with Crippen molar-refractivity contribution in [1.82, 2.24) is 9.97 Å². The average Bonchev–Trinajstić information content (AvgIpc) is 2.34.